The molecule has 2 fully saturated rings. The molecule has 4 nitrogen and oxygen atoms in total. The zero-order valence-corrected chi connectivity index (χ0v) is 11.4. The first-order valence-electron chi connectivity index (χ1n) is 7.21. The lowest BCUT2D eigenvalue weighted by atomic mass is 9.94. The summed E-state index contributed by atoms with van der Waals surface area (Å²) in [6.07, 6.45) is 4.97. The van der Waals surface area contributed by atoms with E-state index in [4.69, 9.17) is 0 Å². The SMILES string of the molecule is CCNC(=O)C(C)N1CCCC1C1CCCC1=O. The Labute approximate surface area is 109 Å². The number of ketones is 1. The van der Waals surface area contributed by atoms with Crippen molar-refractivity contribution in [1.29, 1.82) is 0 Å². The number of amides is 1. The Morgan fingerprint density at radius 3 is 2.83 bits per heavy atom. The minimum absolute atomic E-state index is 0.0924. The zero-order valence-electron chi connectivity index (χ0n) is 11.4. The van der Waals surface area contributed by atoms with Crippen LogP contribution in [0.1, 0.15) is 46.0 Å². The molecule has 3 atom stereocenters. The van der Waals surface area contributed by atoms with Crippen LogP contribution >= 0.6 is 0 Å². The van der Waals surface area contributed by atoms with Gasteiger partial charge >= 0.3 is 0 Å². The monoisotopic (exact) mass is 252 g/mol. The van der Waals surface area contributed by atoms with Crippen molar-refractivity contribution in [2.75, 3.05) is 13.1 Å². The lowest BCUT2D eigenvalue weighted by Gasteiger charge is -2.32. The van der Waals surface area contributed by atoms with E-state index in [0.29, 0.717) is 18.4 Å². The van der Waals surface area contributed by atoms with Crippen LogP contribution in [0.25, 0.3) is 0 Å². The topological polar surface area (TPSA) is 49.4 Å². The molecule has 1 aliphatic carbocycles. The minimum Gasteiger partial charge on any atom is -0.355 e. The van der Waals surface area contributed by atoms with Gasteiger partial charge in [0.05, 0.1) is 6.04 Å². The number of nitrogens with zero attached hydrogens (tertiary/aromatic N) is 1. The lowest BCUT2D eigenvalue weighted by molar-refractivity contribution is -0.129. The number of hydrogen-bond donors (Lipinski definition) is 1. The van der Waals surface area contributed by atoms with Crippen LogP contribution in [0.4, 0.5) is 0 Å². The summed E-state index contributed by atoms with van der Waals surface area (Å²) in [5.41, 5.74) is 0. The van der Waals surface area contributed by atoms with Crippen molar-refractivity contribution in [3.8, 4) is 0 Å². The molecule has 102 valence electrons. The molecule has 18 heavy (non-hydrogen) atoms. The van der Waals surface area contributed by atoms with Gasteiger partial charge in [0.25, 0.3) is 0 Å². The highest BCUT2D eigenvalue weighted by Gasteiger charge is 2.40. The summed E-state index contributed by atoms with van der Waals surface area (Å²) in [5, 5.41) is 2.88. The first kappa shape index (κ1) is 13.5. The highest BCUT2D eigenvalue weighted by Crippen LogP contribution is 2.34. The molecule has 2 aliphatic rings. The molecule has 0 aromatic heterocycles. The number of carbonyl (C=O) groups is 2. The number of rotatable bonds is 4. The van der Waals surface area contributed by atoms with Gasteiger partial charge in [-0.2, -0.15) is 0 Å². The third-order valence-corrected chi connectivity index (χ3v) is 4.39. The molecule has 1 aliphatic heterocycles. The summed E-state index contributed by atoms with van der Waals surface area (Å²) < 4.78 is 0. The van der Waals surface area contributed by atoms with Crippen LogP contribution in [-0.4, -0.2) is 41.8 Å². The fourth-order valence-electron chi connectivity index (χ4n) is 3.45. The van der Waals surface area contributed by atoms with Gasteiger partial charge in [-0.15, -0.1) is 0 Å². The largest absolute Gasteiger partial charge is 0.355 e. The fourth-order valence-corrected chi connectivity index (χ4v) is 3.45. The van der Waals surface area contributed by atoms with Crippen LogP contribution in [-0.2, 0) is 9.59 Å². The number of likely N-dealkylation sites (tertiary alicyclic amines) is 1. The van der Waals surface area contributed by atoms with E-state index in [1.54, 1.807) is 0 Å². The van der Waals surface area contributed by atoms with Gasteiger partial charge in [-0.05, 0) is 46.1 Å². The second-order valence-corrected chi connectivity index (χ2v) is 5.48. The second-order valence-electron chi connectivity index (χ2n) is 5.48. The van der Waals surface area contributed by atoms with Crippen LogP contribution in [0, 0.1) is 5.92 Å². The molecule has 1 amide bonds. The number of Topliss-reactive ketones (excluding diaryl/α,β-unsaturated/α-hetero) is 1. The average molecular weight is 252 g/mol. The van der Waals surface area contributed by atoms with Crippen molar-refractivity contribution in [2.45, 2.75) is 58.0 Å². The van der Waals surface area contributed by atoms with E-state index in [1.165, 1.54) is 0 Å². The maximum atomic E-state index is 11.9. The van der Waals surface area contributed by atoms with Crippen molar-refractivity contribution in [2.24, 2.45) is 5.92 Å². The highest BCUT2D eigenvalue weighted by molar-refractivity contribution is 5.84. The Hall–Kier alpha value is -0.900. The molecule has 0 spiro atoms. The van der Waals surface area contributed by atoms with E-state index < -0.39 is 0 Å². The van der Waals surface area contributed by atoms with Crippen molar-refractivity contribution < 1.29 is 9.59 Å². The summed E-state index contributed by atoms with van der Waals surface area (Å²) in [6.45, 7) is 5.52. The van der Waals surface area contributed by atoms with Gasteiger partial charge in [0, 0.05) is 24.9 Å². The fraction of sp³-hybridized carbons (Fsp3) is 0.857. The first-order chi connectivity index (χ1) is 8.65. The molecular formula is C14H24N2O2. The van der Waals surface area contributed by atoms with E-state index in [1.807, 2.05) is 13.8 Å². The third-order valence-electron chi connectivity index (χ3n) is 4.39. The van der Waals surface area contributed by atoms with Crippen molar-refractivity contribution in [1.82, 2.24) is 10.2 Å². The molecule has 3 unspecified atom stereocenters. The quantitative estimate of drug-likeness (QED) is 0.821. The van der Waals surface area contributed by atoms with Gasteiger partial charge in [-0.1, -0.05) is 0 Å². The smallest absolute Gasteiger partial charge is 0.237 e. The molecule has 1 saturated carbocycles. The summed E-state index contributed by atoms with van der Waals surface area (Å²) in [5.74, 6) is 0.689. The Bertz CT molecular complexity index is 330. The van der Waals surface area contributed by atoms with Gasteiger partial charge in [0.1, 0.15) is 5.78 Å². The van der Waals surface area contributed by atoms with Crippen molar-refractivity contribution >= 4 is 11.7 Å². The average Bonchev–Trinajstić information content (AvgIpc) is 2.96. The molecule has 0 aromatic carbocycles. The van der Waals surface area contributed by atoms with Gasteiger partial charge in [0.2, 0.25) is 5.91 Å². The maximum Gasteiger partial charge on any atom is 0.237 e. The van der Waals surface area contributed by atoms with E-state index in [2.05, 4.69) is 10.2 Å². The highest BCUT2D eigenvalue weighted by atomic mass is 16.2. The molecule has 1 heterocycles. The van der Waals surface area contributed by atoms with Crippen LogP contribution < -0.4 is 5.32 Å². The second kappa shape index (κ2) is 5.83. The van der Waals surface area contributed by atoms with Crippen LogP contribution in [0.3, 0.4) is 0 Å². The molecule has 1 N–H and O–H groups in total. The van der Waals surface area contributed by atoms with Crippen molar-refractivity contribution in [3.63, 3.8) is 0 Å². The predicted molar refractivity (Wildman–Crippen MR) is 70.2 cm³/mol. The van der Waals surface area contributed by atoms with Crippen LogP contribution in [0.2, 0.25) is 0 Å². The summed E-state index contributed by atoms with van der Waals surface area (Å²) in [7, 11) is 0. The Balaban J connectivity index is 2.02. The molecule has 0 radical (unpaired) electrons. The third kappa shape index (κ3) is 2.58. The first-order valence-corrected chi connectivity index (χ1v) is 7.21. The van der Waals surface area contributed by atoms with Gasteiger partial charge in [-0.25, -0.2) is 0 Å². The molecule has 4 heteroatoms. The Morgan fingerprint density at radius 1 is 1.44 bits per heavy atom. The zero-order chi connectivity index (χ0) is 13.1. The Kier molecular flexibility index (Phi) is 4.38. The van der Waals surface area contributed by atoms with E-state index in [9.17, 15) is 9.59 Å². The molecule has 0 aromatic rings. The lowest BCUT2D eigenvalue weighted by Crippen LogP contribution is -2.49. The number of hydrogen-bond acceptors (Lipinski definition) is 3. The molecule has 1 saturated heterocycles. The number of nitrogens with one attached hydrogen (secondary N) is 1. The van der Waals surface area contributed by atoms with Gasteiger partial charge in [-0.3, -0.25) is 14.5 Å². The summed E-state index contributed by atoms with van der Waals surface area (Å²) in [6, 6.07) is 0.198. The molecule has 0 bridgehead atoms. The molecule has 2 rings (SSSR count). The van der Waals surface area contributed by atoms with Gasteiger partial charge in [0.15, 0.2) is 0 Å². The van der Waals surface area contributed by atoms with Gasteiger partial charge < -0.3 is 5.32 Å². The normalized spacial score (nSPS) is 30.7. The number of carbonyl (C=O) groups excluding carboxylic acids is 2. The Morgan fingerprint density at radius 2 is 2.22 bits per heavy atom. The van der Waals surface area contributed by atoms with Crippen molar-refractivity contribution in [3.05, 3.63) is 0 Å². The maximum absolute atomic E-state index is 11.9. The number of likely N-dealkylation sites (N-methyl/N-ethyl adjacent to an activating group) is 1. The molecular weight excluding hydrogens is 228 g/mol. The van der Waals surface area contributed by atoms with E-state index in [0.717, 1.165) is 38.6 Å². The van der Waals surface area contributed by atoms with Crippen LogP contribution in [0.5, 0.6) is 0 Å². The van der Waals surface area contributed by atoms with E-state index >= 15 is 0 Å². The van der Waals surface area contributed by atoms with Crippen LogP contribution in [0.15, 0.2) is 0 Å². The standard InChI is InChI=1S/C14H24N2O2/c1-3-15-14(18)10(2)16-9-5-7-12(16)11-6-4-8-13(11)17/h10-12H,3-9H2,1-2H3,(H,15,18). The predicted octanol–water partition coefficient (Wildman–Crippen LogP) is 1.34. The summed E-state index contributed by atoms with van der Waals surface area (Å²) >= 11 is 0. The summed E-state index contributed by atoms with van der Waals surface area (Å²) in [4.78, 5) is 26.1. The minimum atomic E-state index is -0.106. The van der Waals surface area contributed by atoms with E-state index in [-0.39, 0.29) is 17.9 Å².